The van der Waals surface area contributed by atoms with Crippen molar-refractivity contribution < 1.29 is 9.47 Å². The van der Waals surface area contributed by atoms with Gasteiger partial charge in [0.05, 0.1) is 4.47 Å². The zero-order chi connectivity index (χ0) is 10.7. The third-order valence-electron chi connectivity index (χ3n) is 2.07. The summed E-state index contributed by atoms with van der Waals surface area (Å²) in [5.74, 6) is 1.57. The van der Waals surface area contributed by atoms with Crippen LogP contribution in [-0.4, -0.2) is 19.8 Å². The third kappa shape index (κ3) is 2.33. The summed E-state index contributed by atoms with van der Waals surface area (Å²) in [5.41, 5.74) is 6.45. The first-order valence-electron chi connectivity index (χ1n) is 4.77. The highest BCUT2D eigenvalue weighted by molar-refractivity contribution is 9.10. The molecule has 4 heteroatoms. The van der Waals surface area contributed by atoms with Gasteiger partial charge in [-0.2, -0.15) is 0 Å². The number of hydrogen-bond donors (Lipinski definition) is 1. The van der Waals surface area contributed by atoms with Crippen molar-refractivity contribution in [2.24, 2.45) is 5.73 Å². The van der Waals surface area contributed by atoms with Crippen LogP contribution in [0, 0.1) is 0 Å². The Morgan fingerprint density at radius 1 is 1.33 bits per heavy atom. The predicted molar refractivity (Wildman–Crippen MR) is 63.2 cm³/mol. The fraction of sp³-hybridized carbons (Fsp3) is 0.273. The maximum Gasteiger partial charge on any atom is 0.175 e. The van der Waals surface area contributed by atoms with E-state index in [2.05, 4.69) is 15.9 Å². The van der Waals surface area contributed by atoms with Crippen LogP contribution in [0.4, 0.5) is 0 Å². The van der Waals surface area contributed by atoms with E-state index in [0.717, 1.165) is 21.5 Å². The molecule has 80 valence electrons. The molecule has 1 aliphatic heterocycles. The van der Waals surface area contributed by atoms with Crippen LogP contribution >= 0.6 is 15.9 Å². The summed E-state index contributed by atoms with van der Waals surface area (Å²) in [7, 11) is 0. The average molecular weight is 270 g/mol. The fourth-order valence-electron chi connectivity index (χ4n) is 1.43. The number of hydrogen-bond acceptors (Lipinski definition) is 3. The highest BCUT2D eigenvalue weighted by Crippen LogP contribution is 2.38. The Balaban J connectivity index is 2.36. The fourth-order valence-corrected chi connectivity index (χ4v) is 2.01. The van der Waals surface area contributed by atoms with Crippen LogP contribution in [0.2, 0.25) is 0 Å². The van der Waals surface area contributed by atoms with Gasteiger partial charge in [-0.15, -0.1) is 0 Å². The van der Waals surface area contributed by atoms with Gasteiger partial charge in [-0.1, -0.05) is 12.2 Å². The van der Waals surface area contributed by atoms with Gasteiger partial charge < -0.3 is 15.2 Å². The van der Waals surface area contributed by atoms with Crippen molar-refractivity contribution in [3.63, 3.8) is 0 Å². The number of halogens is 1. The molecule has 0 saturated carbocycles. The van der Waals surface area contributed by atoms with Gasteiger partial charge in [0.15, 0.2) is 11.5 Å². The quantitative estimate of drug-likeness (QED) is 0.895. The van der Waals surface area contributed by atoms with Crippen molar-refractivity contribution in [3.8, 4) is 11.5 Å². The molecule has 0 aromatic heterocycles. The molecule has 2 rings (SSSR count). The molecular weight excluding hydrogens is 258 g/mol. The SMILES string of the molecule is NC/C=C/c1cc(Br)c2c(c1)OCCO2. The minimum Gasteiger partial charge on any atom is -0.486 e. The van der Waals surface area contributed by atoms with E-state index in [-0.39, 0.29) is 0 Å². The number of nitrogens with two attached hydrogens (primary N) is 1. The summed E-state index contributed by atoms with van der Waals surface area (Å²) in [5, 5.41) is 0. The first kappa shape index (κ1) is 10.5. The van der Waals surface area contributed by atoms with Crippen LogP contribution in [0.25, 0.3) is 6.08 Å². The molecule has 0 spiro atoms. The second kappa shape index (κ2) is 4.68. The van der Waals surface area contributed by atoms with Gasteiger partial charge in [0.25, 0.3) is 0 Å². The Hall–Kier alpha value is -1.00. The lowest BCUT2D eigenvalue weighted by Gasteiger charge is -2.19. The number of fused-ring (bicyclic) bond motifs is 1. The molecule has 0 bridgehead atoms. The molecule has 1 aromatic rings. The molecule has 3 nitrogen and oxygen atoms in total. The Morgan fingerprint density at radius 3 is 2.93 bits per heavy atom. The second-order valence-corrected chi connectivity index (χ2v) is 4.02. The first-order valence-corrected chi connectivity index (χ1v) is 5.56. The van der Waals surface area contributed by atoms with E-state index < -0.39 is 0 Å². The smallest absolute Gasteiger partial charge is 0.175 e. The molecule has 0 aliphatic carbocycles. The van der Waals surface area contributed by atoms with Crippen molar-refractivity contribution >= 4 is 22.0 Å². The molecule has 0 saturated heterocycles. The summed E-state index contributed by atoms with van der Waals surface area (Å²) < 4.78 is 11.9. The molecule has 0 amide bonds. The van der Waals surface area contributed by atoms with Crippen molar-refractivity contribution in [2.75, 3.05) is 19.8 Å². The summed E-state index contributed by atoms with van der Waals surface area (Å²) in [6.07, 6.45) is 3.86. The average Bonchev–Trinajstić information content (AvgIpc) is 2.26. The summed E-state index contributed by atoms with van der Waals surface area (Å²) >= 11 is 3.45. The topological polar surface area (TPSA) is 44.5 Å². The zero-order valence-corrected chi connectivity index (χ0v) is 9.79. The maximum absolute atomic E-state index is 5.50. The van der Waals surface area contributed by atoms with Crippen molar-refractivity contribution in [1.82, 2.24) is 0 Å². The van der Waals surface area contributed by atoms with Crippen LogP contribution in [-0.2, 0) is 0 Å². The van der Waals surface area contributed by atoms with Gasteiger partial charge in [-0.25, -0.2) is 0 Å². The molecule has 1 heterocycles. The predicted octanol–water partition coefficient (Wildman–Crippen LogP) is 2.19. The lowest BCUT2D eigenvalue weighted by Crippen LogP contribution is -2.15. The summed E-state index contributed by atoms with van der Waals surface area (Å²) in [6.45, 7) is 1.74. The van der Waals surface area contributed by atoms with E-state index in [9.17, 15) is 0 Å². The highest BCUT2D eigenvalue weighted by atomic mass is 79.9. The van der Waals surface area contributed by atoms with Crippen LogP contribution < -0.4 is 15.2 Å². The van der Waals surface area contributed by atoms with Crippen molar-refractivity contribution in [2.45, 2.75) is 0 Å². The molecule has 1 aliphatic rings. The molecular formula is C11H12BrNO2. The number of rotatable bonds is 2. The number of ether oxygens (including phenoxy) is 2. The zero-order valence-electron chi connectivity index (χ0n) is 8.20. The Labute approximate surface area is 97.0 Å². The van der Waals surface area contributed by atoms with Crippen LogP contribution in [0.15, 0.2) is 22.7 Å². The van der Waals surface area contributed by atoms with E-state index in [1.165, 1.54) is 0 Å². The molecule has 15 heavy (non-hydrogen) atoms. The van der Waals surface area contributed by atoms with Crippen LogP contribution in [0.5, 0.6) is 11.5 Å². The standard InChI is InChI=1S/C11H12BrNO2/c12-9-6-8(2-1-3-13)7-10-11(9)15-5-4-14-10/h1-2,6-7H,3-5,13H2/b2-1+. The number of benzene rings is 1. The lowest BCUT2D eigenvalue weighted by atomic mass is 10.2. The van der Waals surface area contributed by atoms with Gasteiger partial charge in [-0.05, 0) is 33.6 Å². The van der Waals surface area contributed by atoms with Gasteiger partial charge in [0.2, 0.25) is 0 Å². The van der Waals surface area contributed by atoms with E-state index in [1.807, 2.05) is 24.3 Å². The van der Waals surface area contributed by atoms with E-state index in [4.69, 9.17) is 15.2 Å². The highest BCUT2D eigenvalue weighted by Gasteiger charge is 2.15. The summed E-state index contributed by atoms with van der Waals surface area (Å²) in [6, 6.07) is 3.94. The lowest BCUT2D eigenvalue weighted by molar-refractivity contribution is 0.170. The van der Waals surface area contributed by atoms with E-state index >= 15 is 0 Å². The summed E-state index contributed by atoms with van der Waals surface area (Å²) in [4.78, 5) is 0. The third-order valence-corrected chi connectivity index (χ3v) is 2.65. The first-order chi connectivity index (χ1) is 7.31. The van der Waals surface area contributed by atoms with Gasteiger partial charge in [-0.3, -0.25) is 0 Å². The monoisotopic (exact) mass is 269 g/mol. The minimum absolute atomic E-state index is 0.534. The Bertz CT molecular complexity index is 390. The van der Waals surface area contributed by atoms with Crippen molar-refractivity contribution in [1.29, 1.82) is 0 Å². The second-order valence-electron chi connectivity index (χ2n) is 3.16. The molecule has 0 radical (unpaired) electrons. The molecule has 2 N–H and O–H groups in total. The van der Waals surface area contributed by atoms with Crippen LogP contribution in [0.1, 0.15) is 5.56 Å². The van der Waals surface area contributed by atoms with Gasteiger partial charge in [0, 0.05) is 6.54 Å². The largest absolute Gasteiger partial charge is 0.486 e. The van der Waals surface area contributed by atoms with Crippen molar-refractivity contribution in [3.05, 3.63) is 28.2 Å². The molecule has 0 unspecified atom stereocenters. The molecule has 0 atom stereocenters. The molecule has 0 fully saturated rings. The Kier molecular flexibility index (Phi) is 3.28. The van der Waals surface area contributed by atoms with Gasteiger partial charge >= 0.3 is 0 Å². The Morgan fingerprint density at radius 2 is 2.13 bits per heavy atom. The minimum atomic E-state index is 0.534. The van der Waals surface area contributed by atoms with Crippen LogP contribution in [0.3, 0.4) is 0 Å². The van der Waals surface area contributed by atoms with Gasteiger partial charge in [0.1, 0.15) is 13.2 Å². The van der Waals surface area contributed by atoms with E-state index in [0.29, 0.717) is 19.8 Å². The normalized spacial score (nSPS) is 14.5. The maximum atomic E-state index is 5.50. The van der Waals surface area contributed by atoms with E-state index in [1.54, 1.807) is 0 Å². The molecule has 1 aromatic carbocycles.